The zero-order valence-corrected chi connectivity index (χ0v) is 21.3. The third-order valence-corrected chi connectivity index (χ3v) is 6.59. The average Bonchev–Trinajstić information content (AvgIpc) is 3.23. The van der Waals surface area contributed by atoms with Crippen molar-refractivity contribution in [3.63, 3.8) is 0 Å². The topological polar surface area (TPSA) is 98.1 Å². The van der Waals surface area contributed by atoms with Gasteiger partial charge in [0.15, 0.2) is 11.0 Å². The molecule has 34 heavy (non-hydrogen) atoms. The van der Waals surface area contributed by atoms with Crippen LogP contribution in [0.15, 0.2) is 47.6 Å². The minimum atomic E-state index is -0.349. The van der Waals surface area contributed by atoms with Crippen LogP contribution in [-0.2, 0) is 22.6 Å². The van der Waals surface area contributed by atoms with Crippen molar-refractivity contribution >= 4 is 52.5 Å². The third kappa shape index (κ3) is 6.88. The number of aromatic nitrogens is 3. The first-order valence-corrected chi connectivity index (χ1v) is 12.3. The van der Waals surface area contributed by atoms with Crippen LogP contribution in [0, 0.1) is 0 Å². The summed E-state index contributed by atoms with van der Waals surface area (Å²) in [7, 11) is 1.60. The Labute approximate surface area is 212 Å². The molecule has 8 nitrogen and oxygen atoms in total. The first-order chi connectivity index (χ1) is 16.3. The van der Waals surface area contributed by atoms with Crippen LogP contribution in [0.3, 0.4) is 0 Å². The molecule has 0 unspecified atom stereocenters. The van der Waals surface area contributed by atoms with Gasteiger partial charge in [-0.15, -0.1) is 10.2 Å². The Morgan fingerprint density at radius 1 is 1.09 bits per heavy atom. The highest BCUT2D eigenvalue weighted by Crippen LogP contribution is 2.26. The van der Waals surface area contributed by atoms with Crippen LogP contribution in [0.1, 0.15) is 31.3 Å². The quantitative estimate of drug-likeness (QED) is 0.373. The lowest BCUT2D eigenvalue weighted by molar-refractivity contribution is -0.121. The largest absolute Gasteiger partial charge is 0.497 e. The molecule has 0 saturated heterocycles. The lowest BCUT2D eigenvalue weighted by atomic mass is 10.1. The molecule has 0 saturated carbocycles. The first-order valence-electron chi connectivity index (χ1n) is 10.5. The van der Waals surface area contributed by atoms with Gasteiger partial charge in [0, 0.05) is 12.2 Å². The molecule has 2 N–H and O–H groups in total. The van der Waals surface area contributed by atoms with Gasteiger partial charge >= 0.3 is 0 Å². The molecule has 3 rings (SSSR count). The fraction of sp³-hybridized carbons (Fsp3) is 0.304. The molecule has 0 spiro atoms. The number of rotatable bonds is 10. The van der Waals surface area contributed by atoms with Crippen molar-refractivity contribution in [2.45, 2.75) is 38.0 Å². The van der Waals surface area contributed by atoms with Gasteiger partial charge in [0.1, 0.15) is 5.75 Å². The smallest absolute Gasteiger partial charge is 0.234 e. The Kier molecular flexibility index (Phi) is 9.20. The summed E-state index contributed by atoms with van der Waals surface area (Å²) in [6.07, 6.45) is 0.241. The highest BCUT2D eigenvalue weighted by Gasteiger charge is 2.20. The Morgan fingerprint density at radius 3 is 2.47 bits per heavy atom. The molecule has 0 aliphatic carbocycles. The van der Waals surface area contributed by atoms with Crippen molar-refractivity contribution in [1.82, 2.24) is 20.1 Å². The number of thioether (sulfide) groups is 1. The van der Waals surface area contributed by atoms with E-state index < -0.39 is 0 Å². The zero-order chi connectivity index (χ0) is 24.7. The Bertz CT molecular complexity index is 1150. The van der Waals surface area contributed by atoms with Gasteiger partial charge in [-0.25, -0.2) is 0 Å². The lowest BCUT2D eigenvalue weighted by Crippen LogP contribution is -2.30. The maximum atomic E-state index is 12.5. The number of carbonyl (C=O) groups is 2. The molecule has 2 amide bonds. The molecule has 11 heteroatoms. The maximum Gasteiger partial charge on any atom is 0.234 e. The molecule has 3 aromatic rings. The zero-order valence-electron chi connectivity index (χ0n) is 19.0. The molecule has 1 aromatic heterocycles. The Morgan fingerprint density at radius 2 is 1.82 bits per heavy atom. The molecule has 180 valence electrons. The Balaban J connectivity index is 1.57. The van der Waals surface area contributed by atoms with Crippen LogP contribution in [0.2, 0.25) is 10.0 Å². The average molecular weight is 522 g/mol. The van der Waals surface area contributed by atoms with Gasteiger partial charge < -0.3 is 19.9 Å². The summed E-state index contributed by atoms with van der Waals surface area (Å²) in [5.74, 6) is 1.16. The second kappa shape index (κ2) is 12.1. The van der Waals surface area contributed by atoms with Gasteiger partial charge in [-0.1, -0.05) is 47.1 Å². The lowest BCUT2D eigenvalue weighted by Gasteiger charge is -2.15. The van der Waals surface area contributed by atoms with Gasteiger partial charge in [0.25, 0.3) is 0 Å². The second-order valence-electron chi connectivity index (χ2n) is 7.36. The van der Waals surface area contributed by atoms with E-state index in [1.165, 1.54) is 11.8 Å². The molecule has 0 bridgehead atoms. The second-order valence-corrected chi connectivity index (χ2v) is 9.12. The molecule has 2 aromatic carbocycles. The van der Waals surface area contributed by atoms with Gasteiger partial charge in [-0.05, 0) is 49.7 Å². The summed E-state index contributed by atoms with van der Waals surface area (Å²) in [5.41, 5.74) is 1.44. The molecular weight excluding hydrogens is 497 g/mol. The van der Waals surface area contributed by atoms with E-state index in [0.717, 1.165) is 11.3 Å². The first kappa shape index (κ1) is 25.9. The number of ether oxygens (including phenoxy) is 1. The minimum absolute atomic E-state index is 0.126. The van der Waals surface area contributed by atoms with Crippen LogP contribution in [-0.4, -0.2) is 39.4 Å². The fourth-order valence-corrected chi connectivity index (χ4v) is 4.32. The molecule has 0 fully saturated rings. The standard InChI is InChI=1S/C23H25Cl2N5O3S/c1-4-30-22(14(2)26-20(31)11-15-5-8-17(33-3)9-6-15)28-29-23(30)34-13-21(32)27-16-7-10-18(24)19(25)12-16/h5-10,12,14H,4,11,13H2,1-3H3,(H,26,31)(H,27,32)/t14-/m0/s1. The van der Waals surface area contributed by atoms with Crippen molar-refractivity contribution in [3.05, 3.63) is 63.9 Å². The molecular formula is C23H25Cl2N5O3S. The highest BCUT2D eigenvalue weighted by molar-refractivity contribution is 7.99. The van der Waals surface area contributed by atoms with E-state index >= 15 is 0 Å². The number of carbonyl (C=O) groups excluding carboxylic acids is 2. The maximum absolute atomic E-state index is 12.5. The number of hydrogen-bond donors (Lipinski definition) is 2. The number of hydrogen-bond acceptors (Lipinski definition) is 6. The summed E-state index contributed by atoms with van der Waals surface area (Å²) in [6.45, 7) is 4.41. The Hall–Kier alpha value is -2.75. The summed E-state index contributed by atoms with van der Waals surface area (Å²) < 4.78 is 7.03. The number of nitrogens with one attached hydrogen (secondary N) is 2. The van der Waals surface area contributed by atoms with Crippen LogP contribution in [0.5, 0.6) is 5.75 Å². The van der Waals surface area contributed by atoms with E-state index in [9.17, 15) is 9.59 Å². The number of methoxy groups -OCH3 is 1. The molecule has 0 aliphatic heterocycles. The van der Waals surface area contributed by atoms with Gasteiger partial charge in [-0.2, -0.15) is 0 Å². The van der Waals surface area contributed by atoms with Crippen LogP contribution in [0.25, 0.3) is 0 Å². The van der Waals surface area contributed by atoms with Crippen LogP contribution in [0.4, 0.5) is 5.69 Å². The van der Waals surface area contributed by atoms with E-state index in [-0.39, 0.29) is 30.0 Å². The minimum Gasteiger partial charge on any atom is -0.497 e. The van der Waals surface area contributed by atoms with E-state index in [0.29, 0.717) is 33.3 Å². The number of halogens is 2. The molecule has 0 aliphatic rings. The van der Waals surface area contributed by atoms with E-state index in [1.807, 2.05) is 42.7 Å². The SMILES string of the molecule is CCn1c(SCC(=O)Nc2ccc(Cl)c(Cl)c2)nnc1[C@H](C)NC(=O)Cc1ccc(OC)cc1. The van der Waals surface area contributed by atoms with Gasteiger partial charge in [0.2, 0.25) is 11.8 Å². The summed E-state index contributed by atoms with van der Waals surface area (Å²) in [6, 6.07) is 11.9. The predicted octanol–water partition coefficient (Wildman–Crippen LogP) is 4.76. The van der Waals surface area contributed by atoms with Crippen molar-refractivity contribution in [1.29, 1.82) is 0 Å². The third-order valence-electron chi connectivity index (χ3n) is 4.89. The van der Waals surface area contributed by atoms with Crippen LogP contribution < -0.4 is 15.4 Å². The number of anilines is 1. The monoisotopic (exact) mass is 521 g/mol. The van der Waals surface area contributed by atoms with E-state index in [1.54, 1.807) is 25.3 Å². The predicted molar refractivity (Wildman–Crippen MR) is 135 cm³/mol. The summed E-state index contributed by atoms with van der Waals surface area (Å²) in [4.78, 5) is 24.9. The highest BCUT2D eigenvalue weighted by atomic mass is 35.5. The van der Waals surface area contributed by atoms with E-state index in [4.69, 9.17) is 27.9 Å². The van der Waals surface area contributed by atoms with Crippen molar-refractivity contribution < 1.29 is 14.3 Å². The van der Waals surface area contributed by atoms with Gasteiger partial charge in [0.05, 0.1) is 35.4 Å². The number of benzene rings is 2. The van der Waals surface area contributed by atoms with Crippen molar-refractivity contribution in [3.8, 4) is 5.75 Å². The van der Waals surface area contributed by atoms with Crippen molar-refractivity contribution in [2.24, 2.45) is 0 Å². The molecule has 0 radical (unpaired) electrons. The number of amides is 2. The number of nitrogens with zero attached hydrogens (tertiary/aromatic N) is 3. The molecule has 1 heterocycles. The van der Waals surface area contributed by atoms with Crippen LogP contribution >= 0.6 is 35.0 Å². The van der Waals surface area contributed by atoms with Crippen molar-refractivity contribution in [2.75, 3.05) is 18.2 Å². The molecule has 1 atom stereocenters. The summed E-state index contributed by atoms with van der Waals surface area (Å²) >= 11 is 13.2. The fourth-order valence-electron chi connectivity index (χ4n) is 3.21. The summed E-state index contributed by atoms with van der Waals surface area (Å²) in [5, 5.41) is 15.6. The van der Waals surface area contributed by atoms with Gasteiger partial charge in [-0.3, -0.25) is 9.59 Å². The van der Waals surface area contributed by atoms with E-state index in [2.05, 4.69) is 20.8 Å². The normalized spacial score (nSPS) is 11.7.